The lowest BCUT2D eigenvalue weighted by atomic mass is 10.1. The van der Waals surface area contributed by atoms with E-state index in [-0.39, 0.29) is 27.6 Å². The van der Waals surface area contributed by atoms with E-state index in [0.29, 0.717) is 22.0 Å². The highest BCUT2D eigenvalue weighted by Crippen LogP contribution is 2.37. The molecule has 148 valence electrons. The Morgan fingerprint density at radius 3 is 2.67 bits per heavy atom. The van der Waals surface area contributed by atoms with Crippen LogP contribution in [0.4, 0.5) is 0 Å². The fourth-order valence-corrected chi connectivity index (χ4v) is 4.20. The molecule has 0 saturated heterocycles. The number of benzene rings is 2. The van der Waals surface area contributed by atoms with Gasteiger partial charge < -0.3 is 18.5 Å². The van der Waals surface area contributed by atoms with Gasteiger partial charge >= 0.3 is 5.63 Å². The summed E-state index contributed by atoms with van der Waals surface area (Å²) in [5.74, 6) is -0.456. The van der Waals surface area contributed by atoms with Crippen LogP contribution < -0.4 is 11.2 Å². The van der Waals surface area contributed by atoms with E-state index in [1.54, 1.807) is 48.5 Å². The van der Waals surface area contributed by atoms with Crippen molar-refractivity contribution in [1.82, 2.24) is 9.55 Å². The second kappa shape index (κ2) is 6.93. The summed E-state index contributed by atoms with van der Waals surface area (Å²) < 4.78 is 12.6. The second-order valence-corrected chi connectivity index (χ2v) is 7.50. The molecule has 0 fully saturated rings. The zero-order chi connectivity index (χ0) is 20.8. The molecule has 0 bridgehead atoms. The van der Waals surface area contributed by atoms with Crippen molar-refractivity contribution >= 4 is 44.7 Å². The average Bonchev–Trinajstić information content (AvgIpc) is 3.16. The third-order valence-corrected chi connectivity index (χ3v) is 5.65. The van der Waals surface area contributed by atoms with Crippen molar-refractivity contribution in [3.63, 3.8) is 0 Å². The zero-order valence-corrected chi connectivity index (χ0v) is 16.3. The quantitative estimate of drug-likeness (QED) is 0.343. The number of rotatable bonds is 4. The Morgan fingerprint density at radius 2 is 1.87 bits per heavy atom. The van der Waals surface area contributed by atoms with Gasteiger partial charge in [0.25, 0.3) is 10.8 Å². The maximum atomic E-state index is 13.2. The minimum Gasteiger partial charge on any atom is -0.505 e. The van der Waals surface area contributed by atoms with Crippen molar-refractivity contribution in [2.45, 2.75) is 16.7 Å². The fourth-order valence-electron chi connectivity index (χ4n) is 3.42. The van der Waals surface area contributed by atoms with Crippen LogP contribution in [0.2, 0.25) is 0 Å². The van der Waals surface area contributed by atoms with Crippen molar-refractivity contribution in [2.24, 2.45) is 0 Å². The molecule has 0 saturated carbocycles. The number of nitrogens with zero attached hydrogens (tertiary/aromatic N) is 2. The lowest BCUT2D eigenvalue weighted by Gasteiger charge is -2.12. The highest BCUT2D eigenvalue weighted by molar-refractivity contribution is 7.99. The molecule has 5 rings (SSSR count). The highest BCUT2D eigenvalue weighted by Gasteiger charge is 2.23. The van der Waals surface area contributed by atoms with Gasteiger partial charge in [0.1, 0.15) is 15.8 Å². The molecule has 30 heavy (non-hydrogen) atoms. The van der Waals surface area contributed by atoms with Crippen molar-refractivity contribution in [1.29, 1.82) is 0 Å². The van der Waals surface area contributed by atoms with E-state index in [2.05, 4.69) is 11.6 Å². The highest BCUT2D eigenvalue weighted by atomic mass is 32.2. The Kier molecular flexibility index (Phi) is 4.22. The molecule has 0 aliphatic carbocycles. The molecule has 7 nitrogen and oxygen atoms in total. The summed E-state index contributed by atoms with van der Waals surface area (Å²) in [5.41, 5.74) is 0.521. The maximum Gasteiger partial charge on any atom is 0.354 e. The number of para-hydroxylation sites is 3. The van der Waals surface area contributed by atoms with E-state index < -0.39 is 16.9 Å². The predicted molar refractivity (Wildman–Crippen MR) is 114 cm³/mol. The van der Waals surface area contributed by atoms with Gasteiger partial charge in [-0.3, -0.25) is 4.79 Å². The smallest absolute Gasteiger partial charge is 0.354 e. The third-order valence-electron chi connectivity index (χ3n) is 4.73. The largest absolute Gasteiger partial charge is 0.505 e. The molecule has 0 aliphatic rings. The number of hydrogen-bond acceptors (Lipinski definition) is 7. The Bertz CT molecular complexity index is 1550. The number of oxazole rings is 1. The zero-order valence-electron chi connectivity index (χ0n) is 15.5. The molecule has 0 radical (unpaired) electrons. The predicted octanol–water partition coefficient (Wildman–Crippen LogP) is 4.29. The maximum absolute atomic E-state index is 13.2. The van der Waals surface area contributed by atoms with Crippen molar-refractivity contribution in [3.8, 4) is 5.75 Å². The van der Waals surface area contributed by atoms with Crippen LogP contribution in [-0.2, 0) is 6.54 Å². The van der Waals surface area contributed by atoms with E-state index in [4.69, 9.17) is 8.83 Å². The summed E-state index contributed by atoms with van der Waals surface area (Å²) in [6.07, 6.45) is 1.59. The van der Waals surface area contributed by atoms with Crippen LogP contribution in [0, 0.1) is 0 Å². The van der Waals surface area contributed by atoms with E-state index in [9.17, 15) is 14.7 Å². The monoisotopic (exact) mass is 418 g/mol. The third kappa shape index (κ3) is 2.73. The van der Waals surface area contributed by atoms with Gasteiger partial charge in [0, 0.05) is 11.9 Å². The number of hydrogen-bond donors (Lipinski definition) is 1. The number of allylic oxidation sites excluding steroid dienone is 1. The van der Waals surface area contributed by atoms with Crippen LogP contribution in [0.15, 0.2) is 89.7 Å². The van der Waals surface area contributed by atoms with Gasteiger partial charge in [-0.25, -0.2) is 9.78 Å². The summed E-state index contributed by atoms with van der Waals surface area (Å²) >= 11 is 0.812. The van der Waals surface area contributed by atoms with Crippen LogP contribution in [0.1, 0.15) is 0 Å². The van der Waals surface area contributed by atoms with Crippen LogP contribution in [0.25, 0.3) is 33.0 Å². The van der Waals surface area contributed by atoms with Crippen molar-refractivity contribution in [2.75, 3.05) is 0 Å². The molecule has 5 aromatic rings. The molecule has 0 amide bonds. The van der Waals surface area contributed by atoms with Crippen LogP contribution in [0.5, 0.6) is 5.75 Å². The first-order chi connectivity index (χ1) is 14.6. The number of aromatic hydroxyl groups is 1. The van der Waals surface area contributed by atoms with Crippen molar-refractivity contribution in [3.05, 3.63) is 82.0 Å². The van der Waals surface area contributed by atoms with Crippen LogP contribution >= 0.6 is 11.8 Å². The van der Waals surface area contributed by atoms with E-state index >= 15 is 0 Å². The van der Waals surface area contributed by atoms with Crippen LogP contribution in [0.3, 0.4) is 0 Å². The lowest BCUT2D eigenvalue weighted by Crippen LogP contribution is -2.21. The molecule has 1 N–H and O–H groups in total. The lowest BCUT2D eigenvalue weighted by molar-refractivity contribution is 0.444. The summed E-state index contributed by atoms with van der Waals surface area (Å²) in [5, 5.41) is 11.5. The van der Waals surface area contributed by atoms with Gasteiger partial charge in [0.2, 0.25) is 0 Å². The Morgan fingerprint density at radius 1 is 1.10 bits per heavy atom. The molecule has 3 aromatic heterocycles. The molecule has 2 aromatic carbocycles. The molecule has 0 atom stereocenters. The van der Waals surface area contributed by atoms with Gasteiger partial charge in [-0.1, -0.05) is 30.3 Å². The number of aromatic nitrogens is 2. The standard InChI is InChI=1S/C22H14N2O5S/c1-2-11-24-14-9-5-3-7-12(14)18-16(20(24)26)17(25)19(21(27)29-18)30-22-23-13-8-4-6-10-15(13)28-22/h2-10,25H,1,11H2. The topological polar surface area (TPSA) is 98.5 Å². The van der Waals surface area contributed by atoms with Gasteiger partial charge in [-0.05, 0) is 36.0 Å². The normalized spacial score (nSPS) is 11.5. The average molecular weight is 418 g/mol. The SMILES string of the molecule is C=CCn1c(=O)c2c(O)c(Sc3nc4ccccc4o3)c(=O)oc2c2ccccc21. The Hall–Kier alpha value is -3.78. The van der Waals surface area contributed by atoms with Crippen LogP contribution in [-0.4, -0.2) is 14.7 Å². The van der Waals surface area contributed by atoms with Crippen molar-refractivity contribution < 1.29 is 13.9 Å². The summed E-state index contributed by atoms with van der Waals surface area (Å²) in [6.45, 7) is 3.93. The summed E-state index contributed by atoms with van der Waals surface area (Å²) in [6, 6.07) is 14.2. The van der Waals surface area contributed by atoms with Gasteiger partial charge in [-0.2, -0.15) is 0 Å². The first-order valence-corrected chi connectivity index (χ1v) is 9.85. The fraction of sp³-hybridized carbons (Fsp3) is 0.0455. The number of pyridine rings is 1. The molecular formula is C22H14N2O5S. The van der Waals surface area contributed by atoms with E-state index in [0.717, 1.165) is 11.8 Å². The second-order valence-electron chi connectivity index (χ2n) is 6.54. The van der Waals surface area contributed by atoms with Gasteiger partial charge in [0.15, 0.2) is 16.9 Å². The summed E-state index contributed by atoms with van der Waals surface area (Å²) in [7, 11) is 0. The number of fused-ring (bicyclic) bond motifs is 4. The minimum atomic E-state index is -0.779. The van der Waals surface area contributed by atoms with Gasteiger partial charge in [-0.15, -0.1) is 6.58 Å². The summed E-state index contributed by atoms with van der Waals surface area (Å²) in [4.78, 5) is 30.0. The molecule has 0 unspecified atom stereocenters. The molecule has 0 spiro atoms. The van der Waals surface area contributed by atoms with E-state index in [1.165, 1.54) is 4.57 Å². The molecule has 0 aliphatic heterocycles. The minimum absolute atomic E-state index is 0.0420. The van der Waals surface area contributed by atoms with E-state index in [1.807, 2.05) is 6.07 Å². The van der Waals surface area contributed by atoms with Gasteiger partial charge in [0.05, 0.1) is 5.52 Å². The molecule has 3 heterocycles. The Balaban J connectivity index is 1.79. The molecule has 8 heteroatoms. The molecular weight excluding hydrogens is 404 g/mol. The first kappa shape index (κ1) is 18.3. The Labute approximate surface area is 172 Å². The first-order valence-electron chi connectivity index (χ1n) is 9.04.